The lowest BCUT2D eigenvalue weighted by molar-refractivity contribution is 0.00701. The molecule has 2 N–H and O–H groups in total. The zero-order valence-electron chi connectivity index (χ0n) is 8.66. The lowest BCUT2D eigenvalue weighted by atomic mass is 10.2. The molecule has 0 saturated heterocycles. The van der Waals surface area contributed by atoms with E-state index in [0.29, 0.717) is 12.1 Å². The molecule has 1 heterocycles. The van der Waals surface area contributed by atoms with Crippen LogP contribution in [0.3, 0.4) is 0 Å². The Morgan fingerprint density at radius 1 is 1.57 bits per heavy atom. The third-order valence-electron chi connectivity index (χ3n) is 1.49. The summed E-state index contributed by atoms with van der Waals surface area (Å²) >= 11 is 1.48. The Morgan fingerprint density at radius 2 is 2.21 bits per heavy atom. The fourth-order valence-corrected chi connectivity index (χ4v) is 1.67. The minimum Gasteiger partial charge on any atom is -0.456 e. The SMILES string of the molecule is CC(C)(C)OC(=O)c1csc(CN)c1. The van der Waals surface area contributed by atoms with Crippen molar-refractivity contribution in [3.05, 3.63) is 21.9 Å². The average molecular weight is 213 g/mol. The zero-order valence-corrected chi connectivity index (χ0v) is 9.48. The zero-order chi connectivity index (χ0) is 10.8. The molecule has 14 heavy (non-hydrogen) atoms. The smallest absolute Gasteiger partial charge is 0.339 e. The number of esters is 1. The summed E-state index contributed by atoms with van der Waals surface area (Å²) in [4.78, 5) is 12.5. The highest BCUT2D eigenvalue weighted by Gasteiger charge is 2.18. The summed E-state index contributed by atoms with van der Waals surface area (Å²) in [6, 6.07) is 1.78. The van der Waals surface area contributed by atoms with Gasteiger partial charge in [-0.2, -0.15) is 0 Å². The molecule has 1 rings (SSSR count). The minimum absolute atomic E-state index is 0.284. The van der Waals surface area contributed by atoms with Crippen LogP contribution < -0.4 is 5.73 Å². The van der Waals surface area contributed by atoms with Gasteiger partial charge in [0.1, 0.15) is 5.60 Å². The second-order valence-electron chi connectivity index (χ2n) is 4.01. The van der Waals surface area contributed by atoms with E-state index < -0.39 is 5.60 Å². The Balaban J connectivity index is 2.70. The molecule has 78 valence electrons. The van der Waals surface area contributed by atoms with Gasteiger partial charge in [-0.05, 0) is 26.8 Å². The van der Waals surface area contributed by atoms with E-state index in [4.69, 9.17) is 10.5 Å². The summed E-state index contributed by atoms with van der Waals surface area (Å²) in [5.41, 5.74) is 5.59. The number of nitrogens with two attached hydrogens (primary N) is 1. The van der Waals surface area contributed by atoms with Crippen molar-refractivity contribution in [3.63, 3.8) is 0 Å². The number of carbonyl (C=O) groups excluding carboxylic acids is 1. The van der Waals surface area contributed by atoms with Crippen molar-refractivity contribution in [1.82, 2.24) is 0 Å². The van der Waals surface area contributed by atoms with Gasteiger partial charge in [-0.3, -0.25) is 0 Å². The van der Waals surface area contributed by atoms with E-state index in [9.17, 15) is 4.79 Å². The van der Waals surface area contributed by atoms with Gasteiger partial charge in [-0.25, -0.2) is 4.79 Å². The van der Waals surface area contributed by atoms with Crippen molar-refractivity contribution in [2.45, 2.75) is 32.9 Å². The third-order valence-corrected chi connectivity index (χ3v) is 2.45. The lowest BCUT2D eigenvalue weighted by Gasteiger charge is -2.18. The maximum atomic E-state index is 11.5. The molecule has 0 unspecified atom stereocenters. The lowest BCUT2D eigenvalue weighted by Crippen LogP contribution is -2.23. The molecule has 0 bridgehead atoms. The van der Waals surface area contributed by atoms with Crippen LogP contribution in [0.1, 0.15) is 36.0 Å². The number of hydrogen-bond acceptors (Lipinski definition) is 4. The molecule has 3 nitrogen and oxygen atoms in total. The predicted octanol–water partition coefficient (Wildman–Crippen LogP) is 2.16. The van der Waals surface area contributed by atoms with Crippen LogP contribution in [0.15, 0.2) is 11.4 Å². The van der Waals surface area contributed by atoms with E-state index >= 15 is 0 Å². The summed E-state index contributed by atoms with van der Waals surface area (Å²) in [5.74, 6) is -0.284. The summed E-state index contributed by atoms with van der Waals surface area (Å²) in [6.07, 6.45) is 0. The van der Waals surface area contributed by atoms with Gasteiger partial charge in [0.25, 0.3) is 0 Å². The van der Waals surface area contributed by atoms with E-state index in [1.807, 2.05) is 20.8 Å². The van der Waals surface area contributed by atoms with Crippen LogP contribution in [0.4, 0.5) is 0 Å². The Kier molecular flexibility index (Phi) is 3.29. The Morgan fingerprint density at radius 3 is 2.64 bits per heavy atom. The van der Waals surface area contributed by atoms with Crippen LogP contribution in [0, 0.1) is 0 Å². The van der Waals surface area contributed by atoms with Crippen molar-refractivity contribution in [2.24, 2.45) is 5.73 Å². The molecule has 0 amide bonds. The second-order valence-corrected chi connectivity index (χ2v) is 5.00. The van der Waals surface area contributed by atoms with Crippen LogP contribution in [-0.2, 0) is 11.3 Å². The molecule has 0 spiro atoms. The number of ether oxygens (including phenoxy) is 1. The van der Waals surface area contributed by atoms with Crippen LogP contribution in [-0.4, -0.2) is 11.6 Å². The molecular weight excluding hydrogens is 198 g/mol. The van der Waals surface area contributed by atoms with Crippen molar-refractivity contribution in [1.29, 1.82) is 0 Å². The highest BCUT2D eigenvalue weighted by atomic mass is 32.1. The molecular formula is C10H15NO2S. The third kappa shape index (κ3) is 3.12. The number of hydrogen-bond donors (Lipinski definition) is 1. The molecule has 1 aromatic heterocycles. The van der Waals surface area contributed by atoms with Gasteiger partial charge in [0, 0.05) is 16.8 Å². The molecule has 0 aromatic carbocycles. The fraction of sp³-hybridized carbons (Fsp3) is 0.500. The van der Waals surface area contributed by atoms with Crippen molar-refractivity contribution in [3.8, 4) is 0 Å². The first-order valence-corrected chi connectivity index (χ1v) is 5.31. The molecule has 0 radical (unpaired) electrons. The van der Waals surface area contributed by atoms with Gasteiger partial charge in [0.05, 0.1) is 5.56 Å². The van der Waals surface area contributed by atoms with Gasteiger partial charge in [-0.1, -0.05) is 0 Å². The number of rotatable bonds is 2. The standard InChI is InChI=1S/C10H15NO2S/c1-10(2,3)13-9(12)7-4-8(5-11)14-6-7/h4,6H,5,11H2,1-3H3. The Hall–Kier alpha value is -0.870. The highest BCUT2D eigenvalue weighted by molar-refractivity contribution is 7.10. The van der Waals surface area contributed by atoms with E-state index in [2.05, 4.69) is 0 Å². The van der Waals surface area contributed by atoms with E-state index in [1.165, 1.54) is 11.3 Å². The van der Waals surface area contributed by atoms with Crippen LogP contribution >= 0.6 is 11.3 Å². The molecule has 0 atom stereocenters. The minimum atomic E-state index is -0.443. The molecule has 0 fully saturated rings. The van der Waals surface area contributed by atoms with E-state index in [1.54, 1.807) is 11.4 Å². The van der Waals surface area contributed by atoms with Gasteiger partial charge in [-0.15, -0.1) is 11.3 Å². The highest BCUT2D eigenvalue weighted by Crippen LogP contribution is 2.17. The van der Waals surface area contributed by atoms with Gasteiger partial charge < -0.3 is 10.5 Å². The largest absolute Gasteiger partial charge is 0.456 e. The van der Waals surface area contributed by atoms with Crippen molar-refractivity contribution in [2.75, 3.05) is 0 Å². The van der Waals surface area contributed by atoms with Crippen LogP contribution in [0.25, 0.3) is 0 Å². The van der Waals surface area contributed by atoms with Gasteiger partial charge in [0.2, 0.25) is 0 Å². The first-order valence-electron chi connectivity index (χ1n) is 4.43. The molecule has 1 aromatic rings. The molecule has 0 aliphatic heterocycles. The van der Waals surface area contributed by atoms with Crippen LogP contribution in [0.5, 0.6) is 0 Å². The summed E-state index contributed by atoms with van der Waals surface area (Å²) in [6.45, 7) is 6.01. The molecule has 0 saturated carbocycles. The fourth-order valence-electron chi connectivity index (χ4n) is 0.932. The van der Waals surface area contributed by atoms with E-state index in [0.717, 1.165) is 4.88 Å². The Bertz CT molecular complexity index is 325. The van der Waals surface area contributed by atoms with Crippen molar-refractivity contribution < 1.29 is 9.53 Å². The normalized spacial score (nSPS) is 11.4. The van der Waals surface area contributed by atoms with Crippen LogP contribution in [0.2, 0.25) is 0 Å². The molecule has 0 aliphatic carbocycles. The molecule has 4 heteroatoms. The average Bonchev–Trinajstić information content (AvgIpc) is 2.48. The van der Waals surface area contributed by atoms with Crippen molar-refractivity contribution >= 4 is 17.3 Å². The second kappa shape index (κ2) is 4.11. The predicted molar refractivity (Wildman–Crippen MR) is 57.4 cm³/mol. The summed E-state index contributed by atoms with van der Waals surface area (Å²) in [7, 11) is 0. The summed E-state index contributed by atoms with van der Waals surface area (Å²) in [5, 5.41) is 1.77. The Labute approximate surface area is 87.9 Å². The first kappa shape index (κ1) is 11.2. The number of thiophene rings is 1. The maximum absolute atomic E-state index is 11.5. The molecule has 0 aliphatic rings. The quantitative estimate of drug-likeness (QED) is 0.766. The van der Waals surface area contributed by atoms with Gasteiger partial charge in [0.15, 0.2) is 0 Å². The van der Waals surface area contributed by atoms with Gasteiger partial charge >= 0.3 is 5.97 Å². The van der Waals surface area contributed by atoms with E-state index in [-0.39, 0.29) is 5.97 Å². The first-order chi connectivity index (χ1) is 6.42. The summed E-state index contributed by atoms with van der Waals surface area (Å²) < 4.78 is 5.21. The maximum Gasteiger partial charge on any atom is 0.339 e. The topological polar surface area (TPSA) is 52.3 Å². The monoisotopic (exact) mass is 213 g/mol. The number of carbonyl (C=O) groups is 1.